The largest absolute Gasteiger partial charge is 0.355 e. The summed E-state index contributed by atoms with van der Waals surface area (Å²) in [5, 5.41) is 11.0. The van der Waals surface area contributed by atoms with Crippen molar-refractivity contribution in [1.29, 1.82) is 0 Å². The standard InChI is InChI=1S/C23H30N6O2/c1-16(2)7-9-23(22(31)26-11-8-17-15-24-12-13-25-17)14-18-5-6-20(23)29(18)21(30)19-4-3-10-27-28-19/h3-4,10,12-13,15-16,18,20H,5-9,11,14H2,1-2H3,(H,26,31)/t18-,20+,23+/m1/s1. The summed E-state index contributed by atoms with van der Waals surface area (Å²) in [5.41, 5.74) is 0.654. The molecule has 2 amide bonds. The monoisotopic (exact) mass is 422 g/mol. The maximum Gasteiger partial charge on any atom is 0.274 e. The zero-order valence-corrected chi connectivity index (χ0v) is 18.2. The number of fused-ring (bicyclic) bond motifs is 2. The van der Waals surface area contributed by atoms with Crippen LogP contribution in [0.5, 0.6) is 0 Å². The van der Waals surface area contributed by atoms with Crippen molar-refractivity contribution in [3.63, 3.8) is 0 Å². The minimum Gasteiger partial charge on any atom is -0.355 e. The molecule has 1 N–H and O–H groups in total. The number of carbonyl (C=O) groups is 2. The predicted octanol–water partition coefficient (Wildman–Crippen LogP) is 2.42. The lowest BCUT2D eigenvalue weighted by atomic mass is 9.69. The first-order chi connectivity index (χ1) is 15.0. The Labute approximate surface area is 182 Å². The number of amides is 2. The van der Waals surface area contributed by atoms with E-state index in [0.29, 0.717) is 31.0 Å². The van der Waals surface area contributed by atoms with Crippen LogP contribution in [0, 0.1) is 11.3 Å². The Hall–Kier alpha value is -2.90. The van der Waals surface area contributed by atoms with Gasteiger partial charge in [-0.2, -0.15) is 5.10 Å². The van der Waals surface area contributed by atoms with Gasteiger partial charge >= 0.3 is 0 Å². The summed E-state index contributed by atoms with van der Waals surface area (Å²) in [6.07, 6.45) is 11.5. The van der Waals surface area contributed by atoms with Gasteiger partial charge in [-0.25, -0.2) is 0 Å². The molecule has 0 radical (unpaired) electrons. The van der Waals surface area contributed by atoms with Crippen molar-refractivity contribution in [2.75, 3.05) is 6.54 Å². The Balaban J connectivity index is 1.51. The molecule has 0 aromatic carbocycles. The average Bonchev–Trinajstić information content (AvgIpc) is 3.35. The molecule has 2 aliphatic rings. The first-order valence-corrected chi connectivity index (χ1v) is 11.1. The second kappa shape index (κ2) is 9.08. The van der Waals surface area contributed by atoms with Gasteiger partial charge in [-0.1, -0.05) is 13.8 Å². The van der Waals surface area contributed by atoms with E-state index in [9.17, 15) is 9.59 Å². The first-order valence-electron chi connectivity index (χ1n) is 11.1. The third kappa shape index (κ3) is 4.29. The summed E-state index contributed by atoms with van der Waals surface area (Å²) >= 11 is 0. The van der Waals surface area contributed by atoms with Crippen molar-refractivity contribution >= 4 is 11.8 Å². The summed E-state index contributed by atoms with van der Waals surface area (Å²) < 4.78 is 0. The first kappa shape index (κ1) is 21.3. The number of nitrogens with one attached hydrogen (secondary N) is 1. The van der Waals surface area contributed by atoms with Crippen molar-refractivity contribution in [2.24, 2.45) is 11.3 Å². The Bertz CT molecular complexity index is 907. The molecule has 8 nitrogen and oxygen atoms in total. The topological polar surface area (TPSA) is 101 Å². The normalized spacial score (nSPS) is 24.5. The van der Waals surface area contributed by atoms with Crippen molar-refractivity contribution < 1.29 is 9.59 Å². The van der Waals surface area contributed by atoms with Gasteiger partial charge in [0, 0.05) is 49.8 Å². The quantitative estimate of drug-likeness (QED) is 0.701. The van der Waals surface area contributed by atoms with E-state index in [1.807, 2.05) is 4.90 Å². The molecule has 0 aliphatic carbocycles. The van der Waals surface area contributed by atoms with Gasteiger partial charge in [0.1, 0.15) is 0 Å². The molecule has 8 heteroatoms. The molecule has 4 heterocycles. The molecule has 2 fully saturated rings. The van der Waals surface area contributed by atoms with Gasteiger partial charge in [-0.15, -0.1) is 5.10 Å². The van der Waals surface area contributed by atoms with Gasteiger partial charge in [0.25, 0.3) is 5.91 Å². The summed E-state index contributed by atoms with van der Waals surface area (Å²) in [6, 6.07) is 3.41. The summed E-state index contributed by atoms with van der Waals surface area (Å²) in [5.74, 6) is 0.438. The third-order valence-corrected chi connectivity index (χ3v) is 6.67. The predicted molar refractivity (Wildman–Crippen MR) is 115 cm³/mol. The number of carbonyl (C=O) groups excluding carboxylic acids is 2. The maximum atomic E-state index is 13.6. The minimum absolute atomic E-state index is 0.0567. The van der Waals surface area contributed by atoms with E-state index in [1.165, 1.54) is 0 Å². The Morgan fingerprint density at radius 2 is 2.13 bits per heavy atom. The van der Waals surface area contributed by atoms with Crippen LogP contribution in [0.15, 0.2) is 36.9 Å². The highest BCUT2D eigenvalue weighted by molar-refractivity contribution is 5.95. The molecule has 3 atom stereocenters. The summed E-state index contributed by atoms with van der Waals surface area (Å²) in [7, 11) is 0. The van der Waals surface area contributed by atoms with E-state index in [-0.39, 0.29) is 23.9 Å². The highest BCUT2D eigenvalue weighted by atomic mass is 16.2. The van der Waals surface area contributed by atoms with Crippen LogP contribution in [0.2, 0.25) is 0 Å². The van der Waals surface area contributed by atoms with Crippen LogP contribution in [0.3, 0.4) is 0 Å². The van der Waals surface area contributed by atoms with Gasteiger partial charge in [-0.05, 0) is 50.2 Å². The average molecular weight is 423 g/mol. The van der Waals surface area contributed by atoms with E-state index in [2.05, 4.69) is 39.3 Å². The van der Waals surface area contributed by atoms with Gasteiger partial charge in [0.05, 0.1) is 11.1 Å². The van der Waals surface area contributed by atoms with Crippen molar-refractivity contribution in [2.45, 2.75) is 64.5 Å². The molecule has 2 bridgehead atoms. The van der Waals surface area contributed by atoms with Crippen LogP contribution in [-0.4, -0.2) is 55.5 Å². The zero-order valence-electron chi connectivity index (χ0n) is 18.2. The fourth-order valence-corrected chi connectivity index (χ4v) is 5.15. The number of hydrogen-bond acceptors (Lipinski definition) is 6. The molecule has 2 aliphatic heterocycles. The Morgan fingerprint density at radius 3 is 2.84 bits per heavy atom. The van der Waals surface area contributed by atoms with E-state index in [1.54, 1.807) is 36.9 Å². The SMILES string of the molecule is CC(C)CC[C@]1(C(=O)NCCc2cnccn2)C[C@H]2CC[C@@H]1N2C(=O)c1cccnn1. The molecule has 2 saturated heterocycles. The zero-order chi connectivity index (χ0) is 21.8. The summed E-state index contributed by atoms with van der Waals surface area (Å²) in [4.78, 5) is 37.1. The second-order valence-electron chi connectivity index (χ2n) is 9.06. The summed E-state index contributed by atoms with van der Waals surface area (Å²) in [6.45, 7) is 4.86. The molecule has 2 aromatic heterocycles. The molecule has 164 valence electrons. The molecular weight excluding hydrogens is 392 g/mol. The molecule has 0 unspecified atom stereocenters. The van der Waals surface area contributed by atoms with Gasteiger partial charge in [-0.3, -0.25) is 19.6 Å². The van der Waals surface area contributed by atoms with E-state index < -0.39 is 5.41 Å². The van der Waals surface area contributed by atoms with Gasteiger partial charge in [0.15, 0.2) is 5.69 Å². The van der Waals surface area contributed by atoms with Crippen LogP contribution in [0.25, 0.3) is 0 Å². The van der Waals surface area contributed by atoms with Crippen molar-refractivity contribution in [1.82, 2.24) is 30.4 Å². The molecule has 31 heavy (non-hydrogen) atoms. The third-order valence-electron chi connectivity index (χ3n) is 6.67. The van der Waals surface area contributed by atoms with Gasteiger partial charge in [0.2, 0.25) is 5.91 Å². The highest BCUT2D eigenvalue weighted by Crippen LogP contribution is 2.53. The number of aromatic nitrogens is 4. The lowest BCUT2D eigenvalue weighted by Crippen LogP contribution is -2.50. The lowest BCUT2D eigenvalue weighted by molar-refractivity contribution is -0.133. The minimum atomic E-state index is -0.548. The molecule has 2 aromatic rings. The second-order valence-corrected chi connectivity index (χ2v) is 9.06. The van der Waals surface area contributed by atoms with Crippen molar-refractivity contribution in [3.05, 3.63) is 48.3 Å². The smallest absolute Gasteiger partial charge is 0.274 e. The van der Waals surface area contributed by atoms with Crippen LogP contribution < -0.4 is 5.32 Å². The van der Waals surface area contributed by atoms with E-state index >= 15 is 0 Å². The molecule has 0 saturated carbocycles. The van der Waals surface area contributed by atoms with Crippen molar-refractivity contribution in [3.8, 4) is 0 Å². The molecule has 0 spiro atoms. The van der Waals surface area contributed by atoms with E-state index in [4.69, 9.17) is 0 Å². The molecular formula is C23H30N6O2. The van der Waals surface area contributed by atoms with E-state index in [0.717, 1.165) is 31.4 Å². The van der Waals surface area contributed by atoms with Crippen LogP contribution in [0.1, 0.15) is 62.1 Å². The molecule has 4 rings (SSSR count). The fraction of sp³-hybridized carbons (Fsp3) is 0.565. The number of hydrogen-bond donors (Lipinski definition) is 1. The van der Waals surface area contributed by atoms with Gasteiger partial charge < -0.3 is 10.2 Å². The van der Waals surface area contributed by atoms with Crippen LogP contribution in [0.4, 0.5) is 0 Å². The number of nitrogens with zero attached hydrogens (tertiary/aromatic N) is 5. The lowest BCUT2D eigenvalue weighted by Gasteiger charge is -2.36. The maximum absolute atomic E-state index is 13.6. The highest BCUT2D eigenvalue weighted by Gasteiger charge is 2.60. The Morgan fingerprint density at radius 1 is 1.26 bits per heavy atom. The Kier molecular flexibility index (Phi) is 6.25. The fourth-order valence-electron chi connectivity index (χ4n) is 5.15. The van der Waals surface area contributed by atoms with Crippen LogP contribution >= 0.6 is 0 Å². The number of rotatable bonds is 8. The van der Waals surface area contributed by atoms with Crippen LogP contribution in [-0.2, 0) is 11.2 Å².